The summed E-state index contributed by atoms with van der Waals surface area (Å²) in [6, 6.07) is 4.06. The molecular weight excluding hydrogens is 263 g/mol. The van der Waals surface area contributed by atoms with E-state index in [1.54, 1.807) is 14.0 Å². The molecule has 5 nitrogen and oxygen atoms in total. The van der Waals surface area contributed by atoms with Crippen LogP contribution in [0.2, 0.25) is 0 Å². The van der Waals surface area contributed by atoms with E-state index in [-0.39, 0.29) is 18.3 Å². The highest BCUT2D eigenvalue weighted by Gasteiger charge is 2.15. The van der Waals surface area contributed by atoms with Gasteiger partial charge in [-0.15, -0.1) is 0 Å². The lowest BCUT2D eigenvalue weighted by molar-refractivity contribution is -0.127. The Morgan fingerprint density at radius 3 is 2.90 bits per heavy atom. The Kier molecular flexibility index (Phi) is 6.97. The lowest BCUT2D eigenvalue weighted by Crippen LogP contribution is -2.37. The molecule has 0 saturated carbocycles. The van der Waals surface area contributed by atoms with Gasteiger partial charge in [0, 0.05) is 32.4 Å². The van der Waals surface area contributed by atoms with Crippen molar-refractivity contribution in [2.24, 2.45) is 5.73 Å². The van der Waals surface area contributed by atoms with E-state index in [9.17, 15) is 9.18 Å². The first-order chi connectivity index (χ1) is 9.58. The van der Waals surface area contributed by atoms with Crippen LogP contribution in [0, 0.1) is 5.82 Å². The highest BCUT2D eigenvalue weighted by molar-refractivity contribution is 5.80. The van der Waals surface area contributed by atoms with Crippen LogP contribution in [0.5, 0.6) is 5.75 Å². The number of nitrogens with two attached hydrogens (primary N) is 1. The highest BCUT2D eigenvalue weighted by atomic mass is 19.1. The minimum absolute atomic E-state index is 0.148. The van der Waals surface area contributed by atoms with Crippen molar-refractivity contribution in [3.63, 3.8) is 0 Å². The fourth-order valence-electron chi connectivity index (χ4n) is 1.64. The van der Waals surface area contributed by atoms with Crippen molar-refractivity contribution < 1.29 is 18.7 Å². The van der Waals surface area contributed by atoms with Crippen LogP contribution < -0.4 is 15.8 Å². The van der Waals surface area contributed by atoms with Gasteiger partial charge in [0.05, 0.1) is 0 Å². The summed E-state index contributed by atoms with van der Waals surface area (Å²) in [4.78, 5) is 11.8. The third-order valence-electron chi connectivity index (χ3n) is 2.74. The molecule has 1 aromatic carbocycles. The SMILES string of the molecule is COCCCNC(=O)C(C)Oc1ccc(F)cc1CN. The van der Waals surface area contributed by atoms with Gasteiger partial charge in [-0.3, -0.25) is 4.79 Å². The average Bonchev–Trinajstić information content (AvgIpc) is 2.45. The molecule has 0 aliphatic heterocycles. The van der Waals surface area contributed by atoms with Gasteiger partial charge in [0.2, 0.25) is 0 Å². The van der Waals surface area contributed by atoms with E-state index in [4.69, 9.17) is 15.2 Å². The molecule has 0 aliphatic rings. The zero-order chi connectivity index (χ0) is 15.0. The first kappa shape index (κ1) is 16.4. The normalized spacial score (nSPS) is 12.0. The van der Waals surface area contributed by atoms with Crippen molar-refractivity contribution in [1.82, 2.24) is 5.32 Å². The smallest absolute Gasteiger partial charge is 0.260 e. The molecule has 0 heterocycles. The summed E-state index contributed by atoms with van der Waals surface area (Å²) in [5, 5.41) is 2.74. The topological polar surface area (TPSA) is 73.6 Å². The fourth-order valence-corrected chi connectivity index (χ4v) is 1.64. The van der Waals surface area contributed by atoms with Crippen molar-refractivity contribution in [2.75, 3.05) is 20.3 Å². The number of methoxy groups -OCH3 is 1. The van der Waals surface area contributed by atoms with E-state index in [0.29, 0.717) is 24.5 Å². The predicted octanol–water partition coefficient (Wildman–Crippen LogP) is 1.20. The van der Waals surface area contributed by atoms with Crippen LogP contribution >= 0.6 is 0 Å². The number of benzene rings is 1. The number of carbonyl (C=O) groups is 1. The lowest BCUT2D eigenvalue weighted by Gasteiger charge is -2.17. The minimum atomic E-state index is -0.673. The minimum Gasteiger partial charge on any atom is -0.481 e. The van der Waals surface area contributed by atoms with Crippen LogP contribution in [-0.4, -0.2) is 32.3 Å². The molecule has 1 aromatic rings. The van der Waals surface area contributed by atoms with Crippen LogP contribution in [0.3, 0.4) is 0 Å². The van der Waals surface area contributed by atoms with E-state index in [1.165, 1.54) is 18.2 Å². The van der Waals surface area contributed by atoms with Crippen LogP contribution in [0.1, 0.15) is 18.9 Å². The molecule has 0 spiro atoms. The van der Waals surface area contributed by atoms with E-state index < -0.39 is 6.10 Å². The third kappa shape index (κ3) is 5.14. The number of hydrogen-bond acceptors (Lipinski definition) is 4. The fraction of sp³-hybridized carbons (Fsp3) is 0.500. The maximum absolute atomic E-state index is 13.1. The summed E-state index contributed by atoms with van der Waals surface area (Å²) < 4.78 is 23.5. The Hall–Kier alpha value is -1.66. The van der Waals surface area contributed by atoms with Gasteiger partial charge in [0.25, 0.3) is 5.91 Å². The molecule has 0 aromatic heterocycles. The molecule has 0 bridgehead atoms. The van der Waals surface area contributed by atoms with Crippen molar-refractivity contribution in [2.45, 2.75) is 26.0 Å². The van der Waals surface area contributed by atoms with Crippen LogP contribution in [0.15, 0.2) is 18.2 Å². The third-order valence-corrected chi connectivity index (χ3v) is 2.74. The molecule has 112 valence electrons. The van der Waals surface area contributed by atoms with Gasteiger partial charge in [0.15, 0.2) is 6.10 Å². The van der Waals surface area contributed by atoms with Crippen LogP contribution in [0.4, 0.5) is 4.39 Å². The second-order valence-corrected chi connectivity index (χ2v) is 4.35. The standard InChI is InChI=1S/C14H21FN2O3/c1-10(14(18)17-6-3-7-19-2)20-13-5-4-12(15)8-11(13)9-16/h4-5,8,10H,3,6-7,9,16H2,1-2H3,(H,17,18). The quantitative estimate of drug-likeness (QED) is 0.704. The lowest BCUT2D eigenvalue weighted by atomic mass is 10.2. The van der Waals surface area contributed by atoms with Crippen molar-refractivity contribution >= 4 is 5.91 Å². The van der Waals surface area contributed by atoms with Gasteiger partial charge >= 0.3 is 0 Å². The number of carbonyl (C=O) groups excluding carboxylic acids is 1. The number of nitrogens with one attached hydrogen (secondary N) is 1. The number of ether oxygens (including phenoxy) is 2. The molecule has 1 atom stereocenters. The molecular formula is C14H21FN2O3. The summed E-state index contributed by atoms with van der Waals surface area (Å²) in [5.74, 6) is -0.184. The van der Waals surface area contributed by atoms with E-state index >= 15 is 0 Å². The maximum atomic E-state index is 13.1. The van der Waals surface area contributed by atoms with Gasteiger partial charge in [-0.25, -0.2) is 4.39 Å². The molecule has 1 rings (SSSR count). The zero-order valence-electron chi connectivity index (χ0n) is 11.8. The Morgan fingerprint density at radius 2 is 2.25 bits per heavy atom. The number of halogens is 1. The molecule has 0 fully saturated rings. The number of rotatable bonds is 8. The predicted molar refractivity (Wildman–Crippen MR) is 73.9 cm³/mol. The first-order valence-electron chi connectivity index (χ1n) is 6.50. The maximum Gasteiger partial charge on any atom is 0.260 e. The number of amides is 1. The zero-order valence-corrected chi connectivity index (χ0v) is 11.8. The molecule has 0 radical (unpaired) electrons. The summed E-state index contributed by atoms with van der Waals surface area (Å²) in [7, 11) is 1.61. The second-order valence-electron chi connectivity index (χ2n) is 4.35. The van der Waals surface area contributed by atoms with Crippen LogP contribution in [0.25, 0.3) is 0 Å². The van der Waals surface area contributed by atoms with E-state index in [2.05, 4.69) is 5.32 Å². The van der Waals surface area contributed by atoms with Crippen LogP contribution in [-0.2, 0) is 16.1 Å². The van der Waals surface area contributed by atoms with Crippen molar-refractivity contribution in [1.29, 1.82) is 0 Å². The largest absolute Gasteiger partial charge is 0.481 e. The van der Waals surface area contributed by atoms with Gasteiger partial charge in [-0.2, -0.15) is 0 Å². The molecule has 0 saturated heterocycles. The molecule has 1 unspecified atom stereocenters. The Balaban J connectivity index is 2.52. The second kappa shape index (κ2) is 8.50. The van der Waals surface area contributed by atoms with Gasteiger partial charge < -0.3 is 20.5 Å². The van der Waals surface area contributed by atoms with E-state index in [1.807, 2.05) is 0 Å². The Bertz CT molecular complexity index is 440. The first-order valence-corrected chi connectivity index (χ1v) is 6.50. The van der Waals surface area contributed by atoms with E-state index in [0.717, 1.165) is 6.42 Å². The van der Waals surface area contributed by atoms with Gasteiger partial charge in [-0.05, 0) is 31.5 Å². The molecule has 0 aliphatic carbocycles. The summed E-state index contributed by atoms with van der Waals surface area (Å²) in [5.41, 5.74) is 6.06. The van der Waals surface area contributed by atoms with Gasteiger partial charge in [-0.1, -0.05) is 0 Å². The monoisotopic (exact) mass is 284 g/mol. The highest BCUT2D eigenvalue weighted by Crippen LogP contribution is 2.20. The van der Waals surface area contributed by atoms with Crippen molar-refractivity contribution in [3.8, 4) is 5.75 Å². The summed E-state index contributed by atoms with van der Waals surface area (Å²) >= 11 is 0. The van der Waals surface area contributed by atoms with Crippen molar-refractivity contribution in [3.05, 3.63) is 29.6 Å². The number of hydrogen-bond donors (Lipinski definition) is 2. The molecule has 6 heteroatoms. The molecule has 20 heavy (non-hydrogen) atoms. The Labute approximate surface area is 118 Å². The molecule has 3 N–H and O–H groups in total. The van der Waals surface area contributed by atoms with Gasteiger partial charge in [0.1, 0.15) is 11.6 Å². The molecule has 1 amide bonds. The summed E-state index contributed by atoms with van der Waals surface area (Å²) in [6.45, 7) is 2.89. The summed E-state index contributed by atoms with van der Waals surface area (Å²) in [6.07, 6.45) is 0.0628. The average molecular weight is 284 g/mol. The Morgan fingerprint density at radius 1 is 1.50 bits per heavy atom.